The number of alkyl halides is 1. The molecule has 1 unspecified atom stereocenters. The van der Waals surface area contributed by atoms with Crippen molar-refractivity contribution in [1.29, 1.82) is 0 Å². The van der Waals surface area contributed by atoms with Gasteiger partial charge in [0, 0.05) is 0 Å². The van der Waals surface area contributed by atoms with E-state index in [-0.39, 0.29) is 0 Å². The molecule has 0 saturated carbocycles. The molecule has 0 fully saturated rings. The molecular formula is C9H10ClNO. The molecule has 1 aromatic carbocycles. The zero-order valence-corrected chi connectivity index (χ0v) is 7.80. The van der Waals surface area contributed by atoms with Gasteiger partial charge in [-0.2, -0.15) is 0 Å². The van der Waals surface area contributed by atoms with Crippen molar-refractivity contribution < 1.29 is 0 Å². The Morgan fingerprint density at radius 1 is 1.42 bits per heavy atom. The Labute approximate surface area is 76.5 Å². The van der Waals surface area contributed by atoms with E-state index in [0.717, 1.165) is 16.7 Å². The molecule has 0 aromatic heterocycles. The Bertz CT molecular complexity index is 299. The highest BCUT2D eigenvalue weighted by Crippen LogP contribution is 2.25. The molecule has 0 aliphatic heterocycles. The molecule has 0 radical (unpaired) electrons. The van der Waals surface area contributed by atoms with Crippen molar-refractivity contribution in [2.45, 2.75) is 19.3 Å². The SMILES string of the molecule is Cc1ccc(C(Cl)N=O)c(C)c1. The van der Waals surface area contributed by atoms with Crippen molar-refractivity contribution >= 4 is 11.6 Å². The zero-order chi connectivity index (χ0) is 9.14. The minimum Gasteiger partial charge on any atom is -0.149 e. The van der Waals surface area contributed by atoms with Crippen molar-refractivity contribution in [2.24, 2.45) is 5.18 Å². The number of hydrogen-bond donors (Lipinski definition) is 0. The summed E-state index contributed by atoms with van der Waals surface area (Å²) in [6.07, 6.45) is 0. The lowest BCUT2D eigenvalue weighted by molar-refractivity contribution is 0.986. The topological polar surface area (TPSA) is 29.4 Å². The first-order valence-corrected chi connectivity index (χ1v) is 4.12. The molecule has 0 spiro atoms. The van der Waals surface area contributed by atoms with E-state index < -0.39 is 5.50 Å². The van der Waals surface area contributed by atoms with E-state index in [1.807, 2.05) is 32.0 Å². The minimum atomic E-state index is -0.759. The van der Waals surface area contributed by atoms with Gasteiger partial charge in [0.2, 0.25) is 0 Å². The summed E-state index contributed by atoms with van der Waals surface area (Å²) in [5.41, 5.74) is 2.20. The lowest BCUT2D eigenvalue weighted by Crippen LogP contribution is -1.90. The first-order chi connectivity index (χ1) is 5.65. The van der Waals surface area contributed by atoms with Gasteiger partial charge in [-0.1, -0.05) is 35.4 Å². The molecule has 2 nitrogen and oxygen atoms in total. The maximum atomic E-state index is 10.2. The van der Waals surface area contributed by atoms with Crippen LogP contribution >= 0.6 is 11.6 Å². The Hall–Kier alpha value is -0.890. The third-order valence-electron chi connectivity index (χ3n) is 1.77. The lowest BCUT2D eigenvalue weighted by Gasteiger charge is -2.05. The van der Waals surface area contributed by atoms with Crippen LogP contribution in [0.4, 0.5) is 0 Å². The van der Waals surface area contributed by atoms with Crippen LogP contribution in [0.25, 0.3) is 0 Å². The van der Waals surface area contributed by atoms with E-state index in [4.69, 9.17) is 11.6 Å². The van der Waals surface area contributed by atoms with E-state index in [1.165, 1.54) is 0 Å². The Morgan fingerprint density at radius 3 is 2.58 bits per heavy atom. The monoisotopic (exact) mass is 183 g/mol. The molecule has 0 heterocycles. The summed E-state index contributed by atoms with van der Waals surface area (Å²) in [6.45, 7) is 3.91. The smallest absolute Gasteiger partial charge is 0.149 e. The third kappa shape index (κ3) is 1.83. The molecule has 1 atom stereocenters. The molecule has 1 aromatic rings. The lowest BCUT2D eigenvalue weighted by atomic mass is 10.1. The molecule has 0 aliphatic rings. The Balaban J connectivity index is 3.09. The largest absolute Gasteiger partial charge is 0.190 e. The molecule has 0 saturated heterocycles. The maximum Gasteiger partial charge on any atom is 0.190 e. The molecule has 3 heteroatoms. The quantitative estimate of drug-likeness (QED) is 0.393. The van der Waals surface area contributed by atoms with Gasteiger partial charge in [-0.05, 0) is 30.2 Å². The highest BCUT2D eigenvalue weighted by atomic mass is 35.5. The van der Waals surface area contributed by atoms with E-state index in [9.17, 15) is 4.91 Å². The number of halogens is 1. The maximum absolute atomic E-state index is 10.2. The van der Waals surface area contributed by atoms with Crippen LogP contribution in [0, 0.1) is 18.8 Å². The van der Waals surface area contributed by atoms with Crippen LogP contribution < -0.4 is 0 Å². The van der Waals surface area contributed by atoms with Crippen LogP contribution in [0.15, 0.2) is 23.4 Å². The van der Waals surface area contributed by atoms with Crippen molar-refractivity contribution in [2.75, 3.05) is 0 Å². The van der Waals surface area contributed by atoms with Crippen LogP contribution in [0.1, 0.15) is 22.2 Å². The second-order valence-electron chi connectivity index (χ2n) is 2.80. The van der Waals surface area contributed by atoms with Crippen LogP contribution in [0.5, 0.6) is 0 Å². The first-order valence-electron chi connectivity index (χ1n) is 3.69. The fourth-order valence-corrected chi connectivity index (χ4v) is 1.39. The number of benzene rings is 1. The van der Waals surface area contributed by atoms with E-state index in [1.54, 1.807) is 0 Å². The number of nitroso groups, excluding NO2 is 1. The second kappa shape index (κ2) is 3.68. The summed E-state index contributed by atoms with van der Waals surface area (Å²) in [5.74, 6) is 0. The van der Waals surface area contributed by atoms with Gasteiger partial charge in [-0.25, -0.2) is 0 Å². The average Bonchev–Trinajstić information content (AvgIpc) is 2.03. The highest BCUT2D eigenvalue weighted by Gasteiger charge is 2.09. The van der Waals surface area contributed by atoms with Gasteiger partial charge in [0.25, 0.3) is 0 Å². The predicted molar refractivity (Wildman–Crippen MR) is 50.3 cm³/mol. The molecule has 0 aliphatic carbocycles. The summed E-state index contributed by atoms with van der Waals surface area (Å²) < 4.78 is 0. The molecule has 0 bridgehead atoms. The number of hydrogen-bond acceptors (Lipinski definition) is 2. The summed E-state index contributed by atoms with van der Waals surface area (Å²) in [4.78, 5) is 10.2. The van der Waals surface area contributed by atoms with Crippen LogP contribution in [-0.4, -0.2) is 0 Å². The molecule has 0 N–H and O–H groups in total. The normalized spacial score (nSPS) is 12.6. The standard InChI is InChI=1S/C9H10ClNO/c1-6-3-4-8(7(2)5-6)9(10)11-12/h3-5,9H,1-2H3. The summed E-state index contributed by atoms with van der Waals surface area (Å²) >= 11 is 5.67. The van der Waals surface area contributed by atoms with Gasteiger partial charge in [0.15, 0.2) is 5.50 Å². The van der Waals surface area contributed by atoms with Crippen molar-refractivity contribution in [3.63, 3.8) is 0 Å². The minimum absolute atomic E-state index is 0.759. The van der Waals surface area contributed by atoms with E-state index >= 15 is 0 Å². The summed E-state index contributed by atoms with van der Waals surface area (Å²) in [7, 11) is 0. The van der Waals surface area contributed by atoms with Gasteiger partial charge < -0.3 is 0 Å². The first kappa shape index (κ1) is 9.20. The fraction of sp³-hybridized carbons (Fsp3) is 0.333. The number of nitrogens with zero attached hydrogens (tertiary/aromatic N) is 1. The third-order valence-corrected chi connectivity index (χ3v) is 2.09. The fourth-order valence-electron chi connectivity index (χ4n) is 1.15. The van der Waals surface area contributed by atoms with Gasteiger partial charge in [-0.15, -0.1) is 4.91 Å². The van der Waals surface area contributed by atoms with Crippen molar-refractivity contribution in [3.05, 3.63) is 39.8 Å². The molecule has 0 amide bonds. The Morgan fingerprint density at radius 2 is 2.08 bits per heavy atom. The zero-order valence-electron chi connectivity index (χ0n) is 7.04. The van der Waals surface area contributed by atoms with Crippen LogP contribution in [0.2, 0.25) is 0 Å². The molecular weight excluding hydrogens is 174 g/mol. The van der Waals surface area contributed by atoms with Crippen molar-refractivity contribution in [3.8, 4) is 0 Å². The number of rotatable bonds is 2. The van der Waals surface area contributed by atoms with Crippen LogP contribution in [-0.2, 0) is 0 Å². The highest BCUT2D eigenvalue weighted by molar-refractivity contribution is 6.20. The van der Waals surface area contributed by atoms with Gasteiger partial charge in [0.05, 0.1) is 0 Å². The van der Waals surface area contributed by atoms with Gasteiger partial charge >= 0.3 is 0 Å². The summed E-state index contributed by atoms with van der Waals surface area (Å²) in [6, 6.07) is 5.74. The molecule has 64 valence electrons. The molecule has 1 rings (SSSR count). The average molecular weight is 184 g/mol. The second-order valence-corrected chi connectivity index (χ2v) is 3.21. The Kier molecular flexibility index (Phi) is 2.82. The van der Waals surface area contributed by atoms with Gasteiger partial charge in [0.1, 0.15) is 0 Å². The number of aryl methyl sites for hydroxylation is 2. The van der Waals surface area contributed by atoms with Crippen LogP contribution in [0.3, 0.4) is 0 Å². The van der Waals surface area contributed by atoms with E-state index in [0.29, 0.717) is 0 Å². The van der Waals surface area contributed by atoms with Gasteiger partial charge in [-0.3, -0.25) is 0 Å². The summed E-state index contributed by atoms with van der Waals surface area (Å²) in [5, 5.41) is 2.76. The predicted octanol–water partition coefficient (Wildman–Crippen LogP) is 3.31. The molecule has 12 heavy (non-hydrogen) atoms. The van der Waals surface area contributed by atoms with Crippen molar-refractivity contribution in [1.82, 2.24) is 0 Å². The van der Waals surface area contributed by atoms with E-state index in [2.05, 4.69) is 5.18 Å².